The van der Waals surface area contributed by atoms with E-state index < -0.39 is 11.6 Å². The van der Waals surface area contributed by atoms with Crippen molar-refractivity contribution in [3.8, 4) is 0 Å². The van der Waals surface area contributed by atoms with Crippen molar-refractivity contribution in [2.24, 2.45) is 10.9 Å². The highest BCUT2D eigenvalue weighted by atomic mass is 35.5. The molecule has 0 spiro atoms. The molecule has 244 valence electrons. The summed E-state index contributed by atoms with van der Waals surface area (Å²) in [7, 11) is 0. The standard InChI is InChI=1S/C34H40Cl2N6O3S/c1-6-25-12-13-26(31(44)40-17-15-39(16-18-40)21(4)43)41(25)32(45)29-28(20(2)3)42-30(22-7-10-24(35)11-8-22)34(5,38-33(42)46-29)23-9-14-27(36)37-19-23/h7-11,14,19-20,25-26,30H,6,12-13,15-18H2,1-5H3/t25-,26+,30-,34+/m1/s1. The van der Waals surface area contributed by atoms with Crippen LogP contribution in [0, 0.1) is 5.92 Å². The fourth-order valence-electron chi connectivity index (χ4n) is 7.36. The highest BCUT2D eigenvalue weighted by Crippen LogP contribution is 2.56. The first-order chi connectivity index (χ1) is 21.9. The summed E-state index contributed by atoms with van der Waals surface area (Å²) in [6.45, 7) is 11.9. The molecule has 0 bridgehead atoms. The summed E-state index contributed by atoms with van der Waals surface area (Å²) in [5, 5.41) is 1.80. The third kappa shape index (κ3) is 5.70. The Kier molecular flexibility index (Phi) is 9.17. The second-order valence-electron chi connectivity index (χ2n) is 12.9. The minimum Gasteiger partial charge on any atom is -0.339 e. The number of carbonyl (C=O) groups excluding carboxylic acids is 3. The molecule has 0 saturated carbocycles. The van der Waals surface area contributed by atoms with Gasteiger partial charge >= 0.3 is 0 Å². The van der Waals surface area contributed by atoms with Gasteiger partial charge in [0.05, 0.1) is 6.04 Å². The fourth-order valence-corrected chi connectivity index (χ4v) is 8.94. The number of rotatable bonds is 6. The number of halogens is 2. The molecule has 4 aliphatic heterocycles. The van der Waals surface area contributed by atoms with Crippen LogP contribution in [0.25, 0.3) is 0 Å². The van der Waals surface area contributed by atoms with E-state index in [0.29, 0.717) is 47.7 Å². The van der Waals surface area contributed by atoms with E-state index in [4.69, 9.17) is 28.2 Å². The number of aliphatic imine (C=N–C) groups is 1. The van der Waals surface area contributed by atoms with E-state index in [2.05, 4.69) is 37.6 Å². The highest BCUT2D eigenvalue weighted by molar-refractivity contribution is 8.18. The Hall–Kier alpha value is -3.08. The van der Waals surface area contributed by atoms with Crippen molar-refractivity contribution in [3.63, 3.8) is 0 Å². The van der Waals surface area contributed by atoms with E-state index in [1.165, 1.54) is 11.8 Å². The normalized spacial score (nSPS) is 26.3. The topological polar surface area (TPSA) is 89.4 Å². The summed E-state index contributed by atoms with van der Waals surface area (Å²) in [6.07, 6.45) is 3.95. The van der Waals surface area contributed by atoms with Gasteiger partial charge in [-0.1, -0.05) is 62.2 Å². The van der Waals surface area contributed by atoms with Gasteiger partial charge in [0.2, 0.25) is 11.8 Å². The van der Waals surface area contributed by atoms with E-state index in [0.717, 1.165) is 34.8 Å². The van der Waals surface area contributed by atoms with E-state index >= 15 is 0 Å². The Balaban J connectivity index is 1.37. The molecule has 3 amide bonds. The second-order valence-corrected chi connectivity index (χ2v) is 14.7. The molecule has 0 unspecified atom stereocenters. The van der Waals surface area contributed by atoms with Crippen LogP contribution in [0.2, 0.25) is 10.2 Å². The lowest BCUT2D eigenvalue weighted by Crippen LogP contribution is -2.56. The number of piperazine rings is 1. The van der Waals surface area contributed by atoms with Crippen LogP contribution in [-0.4, -0.2) is 85.7 Å². The second kappa shape index (κ2) is 12.8. The first-order valence-electron chi connectivity index (χ1n) is 16.0. The van der Waals surface area contributed by atoms with Crippen molar-refractivity contribution >= 4 is 57.9 Å². The number of carbonyl (C=O) groups is 3. The zero-order valence-electron chi connectivity index (χ0n) is 26.9. The molecule has 0 radical (unpaired) electrons. The van der Waals surface area contributed by atoms with Crippen LogP contribution < -0.4 is 0 Å². The molecule has 2 fully saturated rings. The van der Waals surface area contributed by atoms with E-state index in [1.807, 2.05) is 40.1 Å². The van der Waals surface area contributed by atoms with Gasteiger partial charge in [-0.15, -0.1) is 0 Å². The Bertz CT molecular complexity index is 1590. The number of hydrogen-bond donors (Lipinski definition) is 0. The maximum atomic E-state index is 14.8. The maximum absolute atomic E-state index is 14.8. The molecule has 2 aromatic rings. The monoisotopic (exact) mass is 682 g/mol. The summed E-state index contributed by atoms with van der Waals surface area (Å²) in [6, 6.07) is 10.7. The zero-order chi connectivity index (χ0) is 32.9. The maximum Gasteiger partial charge on any atom is 0.263 e. The van der Waals surface area contributed by atoms with Crippen molar-refractivity contribution in [1.29, 1.82) is 0 Å². The van der Waals surface area contributed by atoms with Crippen molar-refractivity contribution < 1.29 is 14.4 Å². The van der Waals surface area contributed by atoms with Gasteiger partial charge in [-0.2, -0.15) is 0 Å². The van der Waals surface area contributed by atoms with Crippen LogP contribution in [0.3, 0.4) is 0 Å². The van der Waals surface area contributed by atoms with Crippen LogP contribution in [0.1, 0.15) is 71.0 Å². The molecule has 1 aromatic carbocycles. The number of benzene rings is 1. The zero-order valence-corrected chi connectivity index (χ0v) is 29.2. The predicted octanol–water partition coefficient (Wildman–Crippen LogP) is 6.09. The number of hydrogen-bond acceptors (Lipinski definition) is 7. The number of aromatic nitrogens is 1. The lowest BCUT2D eigenvalue weighted by Gasteiger charge is -2.38. The van der Waals surface area contributed by atoms with Crippen LogP contribution in [-0.2, 0) is 19.9 Å². The van der Waals surface area contributed by atoms with Crippen LogP contribution in [0.15, 0.2) is 58.2 Å². The molecular formula is C34H40Cl2N6O3S. The number of nitrogens with zero attached hydrogens (tertiary/aromatic N) is 6. The number of likely N-dealkylation sites (tertiary alicyclic amines) is 1. The number of thioether (sulfide) groups is 1. The summed E-state index contributed by atoms with van der Waals surface area (Å²) < 4.78 is 0. The molecule has 4 atom stereocenters. The minimum atomic E-state index is -0.720. The summed E-state index contributed by atoms with van der Waals surface area (Å²) >= 11 is 13.9. The van der Waals surface area contributed by atoms with Crippen LogP contribution >= 0.6 is 35.0 Å². The van der Waals surface area contributed by atoms with Gasteiger partial charge in [-0.3, -0.25) is 14.4 Å². The molecule has 6 rings (SSSR count). The third-order valence-electron chi connectivity index (χ3n) is 9.78. The molecule has 1 aromatic heterocycles. The number of amidine groups is 1. The SMILES string of the molecule is CC[C@@H]1CC[C@@H](C(=O)N2CCN(C(C)=O)CC2)N1C(=O)C1=C(C(C)C)N2C(=N[C@@](C)(c3ccc(Cl)nc3)[C@H]2c2ccc(Cl)cc2)S1. The molecule has 5 heterocycles. The summed E-state index contributed by atoms with van der Waals surface area (Å²) in [4.78, 5) is 58.6. The predicted molar refractivity (Wildman–Crippen MR) is 182 cm³/mol. The summed E-state index contributed by atoms with van der Waals surface area (Å²) in [5.41, 5.74) is 2.11. The first-order valence-corrected chi connectivity index (χ1v) is 17.6. The Morgan fingerprint density at radius 3 is 2.26 bits per heavy atom. The highest BCUT2D eigenvalue weighted by Gasteiger charge is 2.54. The van der Waals surface area contributed by atoms with Gasteiger partial charge in [0.1, 0.15) is 21.6 Å². The van der Waals surface area contributed by atoms with Crippen molar-refractivity contribution in [2.45, 2.75) is 77.5 Å². The average molecular weight is 684 g/mol. The largest absolute Gasteiger partial charge is 0.339 e. The molecule has 46 heavy (non-hydrogen) atoms. The molecule has 2 saturated heterocycles. The number of pyridine rings is 1. The number of amides is 3. The number of fused-ring (bicyclic) bond motifs is 1. The van der Waals surface area contributed by atoms with Gasteiger partial charge in [0.25, 0.3) is 5.91 Å². The molecule has 12 heteroatoms. The van der Waals surface area contributed by atoms with Crippen molar-refractivity contribution in [3.05, 3.63) is 74.5 Å². The molecule has 9 nitrogen and oxygen atoms in total. The summed E-state index contributed by atoms with van der Waals surface area (Å²) in [5.74, 6) is -0.121. The number of allylic oxidation sites excluding steroid dienone is 1. The van der Waals surface area contributed by atoms with Crippen molar-refractivity contribution in [1.82, 2.24) is 24.6 Å². The Labute approximate surface area is 285 Å². The van der Waals surface area contributed by atoms with Gasteiger partial charge in [-0.05, 0) is 67.6 Å². The Morgan fingerprint density at radius 1 is 1.00 bits per heavy atom. The molecular weight excluding hydrogens is 643 g/mol. The minimum absolute atomic E-state index is 0.00358. The van der Waals surface area contributed by atoms with E-state index in [-0.39, 0.29) is 35.7 Å². The lowest BCUT2D eigenvalue weighted by atomic mass is 9.81. The lowest BCUT2D eigenvalue weighted by molar-refractivity contribution is -0.146. The van der Waals surface area contributed by atoms with Gasteiger partial charge < -0.3 is 19.6 Å². The molecule has 0 aliphatic carbocycles. The van der Waals surface area contributed by atoms with Gasteiger partial charge in [-0.25, -0.2) is 9.98 Å². The van der Waals surface area contributed by atoms with Crippen LogP contribution in [0.5, 0.6) is 0 Å². The quantitative estimate of drug-likeness (QED) is 0.343. The van der Waals surface area contributed by atoms with Gasteiger partial charge in [0.15, 0.2) is 5.17 Å². The van der Waals surface area contributed by atoms with Crippen molar-refractivity contribution in [2.75, 3.05) is 26.2 Å². The first kappa shape index (κ1) is 32.8. The van der Waals surface area contributed by atoms with E-state index in [9.17, 15) is 14.4 Å². The van der Waals surface area contributed by atoms with Gasteiger partial charge in [0, 0.05) is 61.6 Å². The van der Waals surface area contributed by atoms with Crippen LogP contribution in [0.4, 0.5) is 0 Å². The molecule has 0 N–H and O–H groups in total. The average Bonchev–Trinajstić information content (AvgIpc) is 3.71. The molecule has 4 aliphatic rings. The fraction of sp³-hybridized carbons (Fsp3) is 0.500. The Morgan fingerprint density at radius 2 is 1.67 bits per heavy atom. The smallest absolute Gasteiger partial charge is 0.263 e. The third-order valence-corrected chi connectivity index (χ3v) is 11.3. The van der Waals surface area contributed by atoms with E-state index in [1.54, 1.807) is 24.1 Å².